The zero-order valence-corrected chi connectivity index (χ0v) is 18.7. The molecule has 2 aromatic carbocycles. The first kappa shape index (κ1) is 20.2. The van der Waals surface area contributed by atoms with Gasteiger partial charge in [-0.15, -0.1) is 0 Å². The molecule has 1 unspecified atom stereocenters. The number of methoxy groups -OCH3 is 1. The van der Waals surface area contributed by atoms with Crippen LogP contribution < -0.4 is 14.9 Å². The monoisotopic (exact) mass is 443 g/mol. The molecule has 6 nitrogen and oxygen atoms in total. The van der Waals surface area contributed by atoms with Crippen molar-refractivity contribution in [2.24, 2.45) is 12.0 Å². The Balaban J connectivity index is 1.77. The van der Waals surface area contributed by atoms with Crippen LogP contribution in [0.25, 0.3) is 17.0 Å². The number of esters is 1. The van der Waals surface area contributed by atoms with E-state index in [-0.39, 0.29) is 5.56 Å². The minimum absolute atomic E-state index is 0.176. The van der Waals surface area contributed by atoms with Crippen LogP contribution in [-0.2, 0) is 16.6 Å². The lowest BCUT2D eigenvalue weighted by Gasteiger charge is -2.24. The van der Waals surface area contributed by atoms with Crippen LogP contribution in [0.5, 0.6) is 0 Å². The summed E-state index contributed by atoms with van der Waals surface area (Å²) in [5, 5.41) is 1.08. The van der Waals surface area contributed by atoms with Crippen LogP contribution in [0.2, 0.25) is 0 Å². The van der Waals surface area contributed by atoms with E-state index >= 15 is 0 Å². The van der Waals surface area contributed by atoms with Crippen LogP contribution in [0, 0.1) is 0 Å². The third-order valence-corrected chi connectivity index (χ3v) is 6.74. The molecule has 160 valence electrons. The predicted octanol–water partition coefficient (Wildman–Crippen LogP) is 2.90. The summed E-state index contributed by atoms with van der Waals surface area (Å²) in [6.45, 7) is 1.78. The number of fused-ring (bicyclic) bond motifs is 2. The third kappa shape index (κ3) is 3.13. The number of thiazole rings is 1. The number of allylic oxidation sites excluding steroid dienone is 1. The third-order valence-electron chi connectivity index (χ3n) is 5.76. The molecular formula is C25H21N3O3S. The van der Waals surface area contributed by atoms with Crippen molar-refractivity contribution < 1.29 is 9.53 Å². The first-order chi connectivity index (χ1) is 15.5. The van der Waals surface area contributed by atoms with Gasteiger partial charge in [0, 0.05) is 29.7 Å². The Hall–Kier alpha value is -3.71. The molecule has 0 bridgehead atoms. The van der Waals surface area contributed by atoms with E-state index in [4.69, 9.17) is 4.74 Å². The van der Waals surface area contributed by atoms with E-state index in [9.17, 15) is 9.59 Å². The summed E-state index contributed by atoms with van der Waals surface area (Å²) >= 11 is 1.33. The molecular weight excluding hydrogens is 422 g/mol. The molecule has 0 amide bonds. The van der Waals surface area contributed by atoms with E-state index in [0.717, 1.165) is 22.0 Å². The highest BCUT2D eigenvalue weighted by molar-refractivity contribution is 7.07. The van der Waals surface area contributed by atoms with Gasteiger partial charge in [-0.05, 0) is 24.6 Å². The Bertz CT molecular complexity index is 1570. The summed E-state index contributed by atoms with van der Waals surface area (Å²) in [5.74, 6) is -0.483. The van der Waals surface area contributed by atoms with Crippen LogP contribution in [0.4, 0.5) is 0 Å². The number of para-hydroxylation sites is 1. The number of aromatic nitrogens is 2. The molecule has 0 N–H and O–H groups in total. The second-order valence-corrected chi connectivity index (χ2v) is 8.71. The number of rotatable bonds is 3. The standard InChI is InChI=1S/C25H21N3O3S/c1-15-21(24(30)31-3)22(16-9-5-4-6-10-16)28-23(29)20(32-25(28)26-15)13-17-14-27(2)19-12-8-7-11-18(17)19/h4-14,22H,1-3H3. The van der Waals surface area contributed by atoms with Gasteiger partial charge in [-0.1, -0.05) is 59.9 Å². The number of benzene rings is 2. The molecule has 0 fully saturated rings. The van der Waals surface area contributed by atoms with Gasteiger partial charge in [-0.3, -0.25) is 9.36 Å². The summed E-state index contributed by atoms with van der Waals surface area (Å²) in [7, 11) is 3.33. The number of carbonyl (C=O) groups is 1. The normalized spacial score (nSPS) is 16.2. The van der Waals surface area contributed by atoms with Gasteiger partial charge in [-0.2, -0.15) is 0 Å². The largest absolute Gasteiger partial charge is 0.466 e. The fourth-order valence-corrected chi connectivity index (χ4v) is 5.31. The van der Waals surface area contributed by atoms with E-state index in [0.29, 0.717) is 20.6 Å². The number of aryl methyl sites for hydroxylation is 1. The number of hydrogen-bond acceptors (Lipinski definition) is 5. The van der Waals surface area contributed by atoms with Gasteiger partial charge in [0.15, 0.2) is 4.80 Å². The maximum atomic E-state index is 13.6. The molecule has 32 heavy (non-hydrogen) atoms. The first-order valence-corrected chi connectivity index (χ1v) is 11.0. The topological polar surface area (TPSA) is 65.6 Å². The van der Waals surface area contributed by atoms with Crippen LogP contribution >= 0.6 is 11.3 Å². The lowest BCUT2D eigenvalue weighted by atomic mass is 9.96. The Morgan fingerprint density at radius 2 is 1.84 bits per heavy atom. The van der Waals surface area contributed by atoms with Crippen LogP contribution in [0.1, 0.15) is 24.1 Å². The SMILES string of the molecule is COC(=O)C1=C(C)N=c2sc(=Cc3cn(C)c4ccccc34)c(=O)n2C1c1ccccc1. The van der Waals surface area contributed by atoms with E-state index in [1.807, 2.05) is 72.4 Å². The molecule has 1 aliphatic rings. The van der Waals surface area contributed by atoms with Gasteiger partial charge in [0.1, 0.15) is 0 Å². The molecule has 0 spiro atoms. The van der Waals surface area contributed by atoms with Crippen molar-refractivity contribution in [3.8, 4) is 0 Å². The summed E-state index contributed by atoms with van der Waals surface area (Å²) < 4.78 is 9.26. The van der Waals surface area contributed by atoms with E-state index in [1.165, 1.54) is 18.4 Å². The highest BCUT2D eigenvalue weighted by Crippen LogP contribution is 2.30. The molecule has 0 saturated carbocycles. The summed E-state index contributed by atoms with van der Waals surface area (Å²) in [6, 6.07) is 17.0. The minimum Gasteiger partial charge on any atom is -0.466 e. The molecule has 7 heteroatoms. The van der Waals surface area contributed by atoms with E-state index in [2.05, 4.69) is 11.1 Å². The maximum Gasteiger partial charge on any atom is 0.338 e. The minimum atomic E-state index is -0.588. The second kappa shape index (κ2) is 7.76. The summed E-state index contributed by atoms with van der Waals surface area (Å²) in [6.07, 6.45) is 3.92. The Morgan fingerprint density at radius 3 is 2.59 bits per heavy atom. The van der Waals surface area contributed by atoms with Gasteiger partial charge in [0.25, 0.3) is 5.56 Å². The van der Waals surface area contributed by atoms with Crippen molar-refractivity contribution in [2.75, 3.05) is 7.11 Å². The van der Waals surface area contributed by atoms with Crippen molar-refractivity contribution >= 4 is 34.3 Å². The first-order valence-electron chi connectivity index (χ1n) is 10.2. The lowest BCUT2D eigenvalue weighted by Crippen LogP contribution is -2.39. The zero-order chi connectivity index (χ0) is 22.4. The molecule has 0 saturated heterocycles. The van der Waals surface area contributed by atoms with Crippen LogP contribution in [0.15, 0.2) is 81.9 Å². The van der Waals surface area contributed by atoms with E-state index < -0.39 is 12.0 Å². The van der Waals surface area contributed by atoms with Gasteiger partial charge in [-0.25, -0.2) is 9.79 Å². The fourth-order valence-electron chi connectivity index (χ4n) is 4.27. The van der Waals surface area contributed by atoms with Gasteiger partial charge >= 0.3 is 5.97 Å². The summed E-state index contributed by atoms with van der Waals surface area (Å²) in [4.78, 5) is 31.4. The number of hydrogen-bond donors (Lipinski definition) is 0. The molecule has 5 rings (SSSR count). The smallest absolute Gasteiger partial charge is 0.338 e. The van der Waals surface area contributed by atoms with Crippen LogP contribution in [-0.4, -0.2) is 22.2 Å². The molecule has 4 aromatic rings. The van der Waals surface area contributed by atoms with Crippen LogP contribution in [0.3, 0.4) is 0 Å². The predicted molar refractivity (Wildman–Crippen MR) is 125 cm³/mol. The molecule has 1 aliphatic heterocycles. The molecule has 0 aliphatic carbocycles. The maximum absolute atomic E-state index is 13.6. The van der Waals surface area contributed by atoms with Crippen molar-refractivity contribution in [3.63, 3.8) is 0 Å². The lowest BCUT2D eigenvalue weighted by molar-refractivity contribution is -0.136. The number of carbonyl (C=O) groups excluding carboxylic acids is 1. The van der Waals surface area contributed by atoms with Gasteiger partial charge in [0.2, 0.25) is 0 Å². The van der Waals surface area contributed by atoms with Gasteiger partial charge < -0.3 is 9.30 Å². The molecule has 1 atom stereocenters. The summed E-state index contributed by atoms with van der Waals surface area (Å²) in [5.41, 5.74) is 3.65. The molecule has 2 aromatic heterocycles. The van der Waals surface area contributed by atoms with Crippen molar-refractivity contribution in [2.45, 2.75) is 13.0 Å². The fraction of sp³-hybridized carbons (Fsp3) is 0.160. The Morgan fingerprint density at radius 1 is 1.12 bits per heavy atom. The van der Waals surface area contributed by atoms with Gasteiger partial charge in [0.05, 0.1) is 29.0 Å². The Labute approximate surface area is 188 Å². The highest BCUT2D eigenvalue weighted by atomic mass is 32.1. The zero-order valence-electron chi connectivity index (χ0n) is 17.9. The molecule has 3 heterocycles. The quantitative estimate of drug-likeness (QED) is 0.458. The molecule has 0 radical (unpaired) electrons. The Kier molecular flexibility index (Phi) is 4.90. The van der Waals surface area contributed by atoms with Crippen molar-refractivity contribution in [1.29, 1.82) is 0 Å². The van der Waals surface area contributed by atoms with Crippen molar-refractivity contribution in [3.05, 3.63) is 103 Å². The average Bonchev–Trinajstić information content (AvgIpc) is 3.29. The highest BCUT2D eigenvalue weighted by Gasteiger charge is 2.32. The number of nitrogens with zero attached hydrogens (tertiary/aromatic N) is 3. The second-order valence-electron chi connectivity index (χ2n) is 7.70. The van der Waals surface area contributed by atoms with Crippen molar-refractivity contribution in [1.82, 2.24) is 9.13 Å². The number of ether oxygens (including phenoxy) is 1. The average molecular weight is 444 g/mol. The van der Waals surface area contributed by atoms with E-state index in [1.54, 1.807) is 11.5 Å².